The fourth-order valence-corrected chi connectivity index (χ4v) is 5.54. The standard InChI is InChI=1S/C24H18Cl3F7N2O3S/c1-12(11-40(38,39)6-2-5-35)36-22(37)15-4-3-13(7-17(15)24(32,33)34)20(28)10-16(23(29,30)31)14-8-18(25)21(27)19(26)9-14/h3-4,7-10,12,16H,2,6,11H2,1H3,(H,36,37)/b20-10-/t12-,16?/m1/s1. The number of hydrogen-bond acceptors (Lipinski definition) is 4. The highest BCUT2D eigenvalue weighted by Crippen LogP contribution is 2.42. The van der Waals surface area contributed by atoms with Crippen molar-refractivity contribution in [2.75, 3.05) is 11.5 Å². The van der Waals surface area contributed by atoms with Gasteiger partial charge in [-0.05, 0) is 42.8 Å². The molecule has 0 radical (unpaired) electrons. The van der Waals surface area contributed by atoms with E-state index in [0.29, 0.717) is 12.1 Å². The summed E-state index contributed by atoms with van der Waals surface area (Å²) in [6.07, 6.45) is -10.7. The van der Waals surface area contributed by atoms with Gasteiger partial charge in [0.15, 0.2) is 9.84 Å². The van der Waals surface area contributed by atoms with E-state index in [-0.39, 0.29) is 33.6 Å². The molecule has 0 aromatic heterocycles. The Morgan fingerprint density at radius 1 is 1.07 bits per heavy atom. The van der Waals surface area contributed by atoms with Crippen LogP contribution in [0, 0.1) is 11.3 Å². The molecule has 2 rings (SSSR count). The van der Waals surface area contributed by atoms with Gasteiger partial charge in [-0.2, -0.15) is 31.6 Å². The van der Waals surface area contributed by atoms with Crippen molar-refractivity contribution in [3.8, 4) is 6.07 Å². The van der Waals surface area contributed by atoms with Crippen LogP contribution in [0.3, 0.4) is 0 Å². The number of benzene rings is 2. The fraction of sp³-hybridized carbons (Fsp3) is 0.333. The van der Waals surface area contributed by atoms with Gasteiger partial charge in [-0.15, -0.1) is 0 Å². The lowest BCUT2D eigenvalue weighted by Crippen LogP contribution is -2.39. The average molecular weight is 654 g/mol. The summed E-state index contributed by atoms with van der Waals surface area (Å²) in [7, 11) is -3.81. The zero-order valence-electron chi connectivity index (χ0n) is 20.1. The van der Waals surface area contributed by atoms with Gasteiger partial charge in [-0.25, -0.2) is 12.8 Å². The van der Waals surface area contributed by atoms with Gasteiger partial charge in [-0.3, -0.25) is 4.79 Å². The normalized spacial score (nSPS) is 14.4. The van der Waals surface area contributed by atoms with E-state index in [1.807, 2.05) is 0 Å². The molecule has 218 valence electrons. The highest BCUT2D eigenvalue weighted by atomic mass is 35.5. The van der Waals surface area contributed by atoms with E-state index in [1.54, 1.807) is 6.07 Å². The first-order valence-electron chi connectivity index (χ1n) is 10.9. The largest absolute Gasteiger partial charge is 0.417 e. The summed E-state index contributed by atoms with van der Waals surface area (Å²) in [5.41, 5.74) is -4.25. The zero-order valence-corrected chi connectivity index (χ0v) is 23.2. The number of carbonyl (C=O) groups excluding carboxylic acids is 1. The van der Waals surface area contributed by atoms with Crippen molar-refractivity contribution in [2.45, 2.75) is 37.7 Å². The van der Waals surface area contributed by atoms with Crippen LogP contribution in [0.1, 0.15) is 46.3 Å². The lowest BCUT2D eigenvalue weighted by Gasteiger charge is -2.19. The molecule has 0 saturated heterocycles. The third-order valence-electron chi connectivity index (χ3n) is 5.28. The van der Waals surface area contributed by atoms with E-state index in [0.717, 1.165) is 12.1 Å². The summed E-state index contributed by atoms with van der Waals surface area (Å²) in [5.74, 6) is -6.93. The molecule has 2 atom stereocenters. The highest BCUT2D eigenvalue weighted by Gasteiger charge is 2.41. The van der Waals surface area contributed by atoms with Crippen LogP contribution in [0.4, 0.5) is 30.7 Å². The van der Waals surface area contributed by atoms with E-state index in [4.69, 9.17) is 40.1 Å². The summed E-state index contributed by atoms with van der Waals surface area (Å²) >= 11 is 17.3. The van der Waals surface area contributed by atoms with E-state index in [9.17, 15) is 43.9 Å². The molecule has 2 aromatic carbocycles. The summed E-state index contributed by atoms with van der Waals surface area (Å²) in [4.78, 5) is 12.5. The number of alkyl halides is 6. The van der Waals surface area contributed by atoms with Crippen LogP contribution in [-0.2, 0) is 16.0 Å². The second-order valence-electron chi connectivity index (χ2n) is 8.49. The third kappa shape index (κ3) is 8.99. The summed E-state index contributed by atoms with van der Waals surface area (Å²) in [5, 5.41) is 9.61. The van der Waals surface area contributed by atoms with Crippen molar-refractivity contribution < 1.29 is 43.9 Å². The Labute approximate surface area is 239 Å². The van der Waals surface area contributed by atoms with Crippen molar-refractivity contribution >= 4 is 56.4 Å². The molecule has 1 unspecified atom stereocenters. The topological polar surface area (TPSA) is 87.0 Å². The predicted molar refractivity (Wildman–Crippen MR) is 137 cm³/mol. The van der Waals surface area contributed by atoms with Gasteiger partial charge in [0.05, 0.1) is 43.8 Å². The molecule has 0 bridgehead atoms. The Kier molecular flexibility index (Phi) is 10.9. The molecule has 0 fully saturated rings. The Balaban J connectivity index is 2.47. The molecule has 5 nitrogen and oxygen atoms in total. The Bertz CT molecular complexity index is 1430. The molecule has 0 aliphatic heterocycles. The van der Waals surface area contributed by atoms with Gasteiger partial charge >= 0.3 is 12.4 Å². The predicted octanol–water partition coefficient (Wildman–Crippen LogP) is 7.77. The Morgan fingerprint density at radius 2 is 1.65 bits per heavy atom. The number of allylic oxidation sites excluding steroid dienone is 1. The average Bonchev–Trinajstić information content (AvgIpc) is 2.82. The van der Waals surface area contributed by atoms with Gasteiger partial charge in [0.2, 0.25) is 0 Å². The van der Waals surface area contributed by atoms with Gasteiger partial charge in [0.25, 0.3) is 5.91 Å². The summed E-state index contributed by atoms with van der Waals surface area (Å²) < 4.78 is 122. The van der Waals surface area contributed by atoms with Crippen molar-refractivity contribution in [1.82, 2.24) is 5.32 Å². The summed E-state index contributed by atoms with van der Waals surface area (Å²) in [6, 6.07) is 3.41. The van der Waals surface area contributed by atoms with Crippen molar-refractivity contribution in [2.24, 2.45) is 0 Å². The second-order valence-corrected chi connectivity index (χ2v) is 11.9. The first-order chi connectivity index (χ1) is 18.3. The molecule has 16 heteroatoms. The summed E-state index contributed by atoms with van der Waals surface area (Å²) in [6.45, 7) is 1.21. The monoisotopic (exact) mass is 652 g/mol. The number of rotatable bonds is 9. The molecule has 0 spiro atoms. The number of amides is 1. The van der Waals surface area contributed by atoms with Crippen LogP contribution in [0.25, 0.3) is 5.83 Å². The maximum Gasteiger partial charge on any atom is 0.417 e. The minimum atomic E-state index is -5.24. The quantitative estimate of drug-likeness (QED) is 0.221. The van der Waals surface area contributed by atoms with Crippen molar-refractivity contribution in [1.29, 1.82) is 5.26 Å². The Hall–Kier alpha value is -2.53. The minimum Gasteiger partial charge on any atom is -0.349 e. The maximum absolute atomic E-state index is 15.0. The van der Waals surface area contributed by atoms with Gasteiger partial charge in [-0.1, -0.05) is 40.9 Å². The number of hydrogen-bond donors (Lipinski definition) is 1. The molecule has 1 amide bonds. The number of nitriles is 1. The molecule has 1 N–H and O–H groups in total. The van der Waals surface area contributed by atoms with Gasteiger partial charge in [0, 0.05) is 18.0 Å². The van der Waals surface area contributed by atoms with E-state index >= 15 is 0 Å². The van der Waals surface area contributed by atoms with Gasteiger partial charge in [0.1, 0.15) is 11.7 Å². The molecule has 0 saturated carbocycles. The molecule has 0 aliphatic rings. The van der Waals surface area contributed by atoms with E-state index in [1.165, 1.54) is 6.92 Å². The van der Waals surface area contributed by atoms with Crippen LogP contribution in [0.5, 0.6) is 0 Å². The fourth-order valence-electron chi connectivity index (χ4n) is 3.51. The maximum atomic E-state index is 15.0. The minimum absolute atomic E-state index is 0.0271. The highest BCUT2D eigenvalue weighted by molar-refractivity contribution is 7.91. The molecule has 2 aromatic rings. The van der Waals surface area contributed by atoms with E-state index in [2.05, 4.69) is 5.32 Å². The molecule has 0 aliphatic carbocycles. The van der Waals surface area contributed by atoms with Crippen molar-refractivity contribution in [3.05, 3.63) is 73.7 Å². The second kappa shape index (κ2) is 13.0. The zero-order chi connectivity index (χ0) is 30.6. The third-order valence-corrected chi connectivity index (χ3v) is 8.31. The van der Waals surface area contributed by atoms with Gasteiger partial charge < -0.3 is 5.32 Å². The van der Waals surface area contributed by atoms with E-state index < -0.39 is 79.6 Å². The van der Waals surface area contributed by atoms with Crippen LogP contribution < -0.4 is 5.32 Å². The lowest BCUT2D eigenvalue weighted by molar-refractivity contribution is -0.140. The van der Waals surface area contributed by atoms with Crippen LogP contribution in [-0.4, -0.2) is 38.0 Å². The number of nitrogens with one attached hydrogen (secondary N) is 1. The van der Waals surface area contributed by atoms with Crippen molar-refractivity contribution in [3.63, 3.8) is 0 Å². The number of halogens is 10. The molecular weight excluding hydrogens is 636 g/mol. The first-order valence-corrected chi connectivity index (χ1v) is 13.9. The van der Waals surface area contributed by atoms with Crippen LogP contribution >= 0.6 is 34.8 Å². The number of carbonyl (C=O) groups is 1. The number of sulfone groups is 1. The van der Waals surface area contributed by atoms with Crippen LogP contribution in [0.15, 0.2) is 36.4 Å². The van der Waals surface area contributed by atoms with Crippen LogP contribution in [0.2, 0.25) is 15.1 Å². The number of nitrogens with zero attached hydrogens (tertiary/aromatic N) is 1. The molecule has 40 heavy (non-hydrogen) atoms. The Morgan fingerprint density at radius 3 is 2.15 bits per heavy atom. The lowest BCUT2D eigenvalue weighted by atomic mass is 9.95. The first kappa shape index (κ1) is 33.7. The smallest absolute Gasteiger partial charge is 0.349 e. The molecular formula is C24H18Cl3F7N2O3S. The molecule has 0 heterocycles. The SMILES string of the molecule is C[C@H](CS(=O)(=O)CCC#N)NC(=O)c1ccc(/C(F)=C/C(c2cc(Cl)c(Cl)c(Cl)c2)C(F)(F)F)cc1C(F)(F)F.